The maximum absolute atomic E-state index is 12.5. The molecule has 0 saturated carbocycles. The Morgan fingerprint density at radius 2 is 1.47 bits per heavy atom. The highest BCUT2D eigenvalue weighted by Crippen LogP contribution is 2.23. The van der Waals surface area contributed by atoms with E-state index in [4.69, 9.17) is 10.5 Å². The summed E-state index contributed by atoms with van der Waals surface area (Å²) < 4.78 is 5.91. The van der Waals surface area contributed by atoms with E-state index in [0.29, 0.717) is 6.61 Å². The van der Waals surface area contributed by atoms with Crippen LogP contribution in [0.4, 0.5) is 10.5 Å². The average molecular weight is 488 g/mol. The van der Waals surface area contributed by atoms with Gasteiger partial charge in [0.05, 0.1) is 6.17 Å². The number of nitrogens with one attached hydrogen (secondary N) is 1. The van der Waals surface area contributed by atoms with Crippen molar-refractivity contribution in [3.63, 3.8) is 0 Å². The van der Waals surface area contributed by atoms with Gasteiger partial charge in [0.2, 0.25) is 0 Å². The summed E-state index contributed by atoms with van der Waals surface area (Å²) in [7, 11) is 0. The van der Waals surface area contributed by atoms with Gasteiger partial charge in [-0.1, -0.05) is 87.7 Å². The molecule has 36 heavy (non-hydrogen) atoms. The van der Waals surface area contributed by atoms with Crippen molar-refractivity contribution in [2.75, 3.05) is 11.4 Å². The van der Waals surface area contributed by atoms with E-state index in [9.17, 15) is 4.79 Å². The van der Waals surface area contributed by atoms with Crippen molar-refractivity contribution in [2.24, 2.45) is 5.73 Å². The number of aryl methyl sites for hydroxylation is 1. The number of nitrogens with zero attached hydrogens (tertiary/aromatic N) is 1. The van der Waals surface area contributed by atoms with Crippen LogP contribution in [0.2, 0.25) is 0 Å². The van der Waals surface area contributed by atoms with Gasteiger partial charge in [0.25, 0.3) is 0 Å². The molecule has 0 aromatic heterocycles. The van der Waals surface area contributed by atoms with Gasteiger partial charge < -0.3 is 10.5 Å². The molecule has 5 nitrogen and oxygen atoms in total. The average Bonchev–Trinajstić information content (AvgIpc) is 2.91. The van der Waals surface area contributed by atoms with Crippen LogP contribution in [-0.4, -0.2) is 18.7 Å². The Morgan fingerprint density at radius 1 is 0.833 bits per heavy atom. The Kier molecular flexibility index (Phi) is 11.3. The van der Waals surface area contributed by atoms with E-state index in [-0.39, 0.29) is 6.17 Å². The predicted octanol–water partition coefficient (Wildman–Crippen LogP) is 6.84. The first kappa shape index (κ1) is 27.3. The number of carbonyl (C=O) groups excluding carboxylic acids is 1. The fraction of sp³-hybridized carbons (Fsp3) is 0.387. The standard InChI is InChI=1S/C31H41N3O2/c1-3-5-10-25-14-16-26(17-15-25)22-23-33-30(13-6-4-2)34(31(32)35)28-18-20-29(21-19-28)36-24-27-11-8-7-9-12-27/h7-9,11-12,14-21,30,33H,3-6,10,13,22-24H2,1-2H3,(H2,32,35). The molecule has 0 bridgehead atoms. The van der Waals surface area contributed by atoms with E-state index in [1.165, 1.54) is 24.0 Å². The number of benzene rings is 3. The number of urea groups is 1. The van der Waals surface area contributed by atoms with Gasteiger partial charge in [-0.15, -0.1) is 0 Å². The molecule has 2 amide bonds. The largest absolute Gasteiger partial charge is 0.489 e. The van der Waals surface area contributed by atoms with Crippen LogP contribution in [0, 0.1) is 0 Å². The Morgan fingerprint density at radius 3 is 2.08 bits per heavy atom. The third-order valence-electron chi connectivity index (χ3n) is 6.38. The molecule has 3 N–H and O–H groups in total. The molecule has 1 unspecified atom stereocenters. The maximum Gasteiger partial charge on any atom is 0.320 e. The number of hydrogen-bond donors (Lipinski definition) is 2. The lowest BCUT2D eigenvalue weighted by Gasteiger charge is -2.31. The number of primary amides is 1. The third kappa shape index (κ3) is 8.72. The summed E-state index contributed by atoms with van der Waals surface area (Å²) in [6.07, 6.45) is 7.20. The fourth-order valence-corrected chi connectivity index (χ4v) is 4.26. The minimum atomic E-state index is -0.457. The summed E-state index contributed by atoms with van der Waals surface area (Å²) in [6, 6.07) is 26.1. The van der Waals surface area contributed by atoms with Crippen LogP contribution in [0.5, 0.6) is 5.75 Å². The molecule has 3 aromatic carbocycles. The van der Waals surface area contributed by atoms with Gasteiger partial charge >= 0.3 is 6.03 Å². The molecule has 0 heterocycles. The number of hydrogen-bond acceptors (Lipinski definition) is 3. The van der Waals surface area contributed by atoms with E-state index in [0.717, 1.165) is 55.6 Å². The van der Waals surface area contributed by atoms with Crippen molar-refractivity contribution in [1.29, 1.82) is 0 Å². The molecule has 5 heteroatoms. The minimum absolute atomic E-state index is 0.164. The van der Waals surface area contributed by atoms with Crippen LogP contribution in [0.1, 0.15) is 62.6 Å². The molecule has 192 valence electrons. The molecular weight excluding hydrogens is 446 g/mol. The Labute approximate surface area is 216 Å². The predicted molar refractivity (Wildman–Crippen MR) is 149 cm³/mol. The SMILES string of the molecule is CCCCc1ccc(CCNC(CCCC)N(C(N)=O)c2ccc(OCc3ccccc3)cc2)cc1. The lowest BCUT2D eigenvalue weighted by molar-refractivity contribution is 0.249. The molecule has 0 radical (unpaired) electrons. The molecule has 0 aliphatic rings. The van der Waals surface area contributed by atoms with Crippen molar-refractivity contribution in [3.05, 3.63) is 95.6 Å². The summed E-state index contributed by atoms with van der Waals surface area (Å²) in [5.74, 6) is 0.757. The van der Waals surface area contributed by atoms with Crippen LogP contribution in [0.25, 0.3) is 0 Å². The zero-order valence-corrected chi connectivity index (χ0v) is 21.8. The van der Waals surface area contributed by atoms with E-state index < -0.39 is 6.03 Å². The number of nitrogens with two attached hydrogens (primary N) is 1. The lowest BCUT2D eigenvalue weighted by Crippen LogP contribution is -2.51. The molecule has 0 spiro atoms. The van der Waals surface area contributed by atoms with Crippen molar-refractivity contribution >= 4 is 11.7 Å². The van der Waals surface area contributed by atoms with Gasteiger partial charge in [-0.05, 0) is 66.6 Å². The highest BCUT2D eigenvalue weighted by Gasteiger charge is 2.23. The quantitative estimate of drug-likeness (QED) is 0.231. The molecular formula is C31H41N3O2. The Balaban J connectivity index is 1.61. The van der Waals surface area contributed by atoms with Crippen LogP contribution in [0.15, 0.2) is 78.9 Å². The van der Waals surface area contributed by atoms with Crippen molar-refractivity contribution < 1.29 is 9.53 Å². The summed E-state index contributed by atoms with van der Waals surface area (Å²) in [4.78, 5) is 14.2. The summed E-state index contributed by atoms with van der Waals surface area (Å²) in [5.41, 5.74) is 10.4. The zero-order chi connectivity index (χ0) is 25.6. The molecule has 0 saturated heterocycles. The molecule has 0 aliphatic heterocycles. The number of rotatable bonds is 15. The number of unbranched alkanes of at least 4 members (excludes halogenated alkanes) is 2. The van der Waals surface area contributed by atoms with Gasteiger partial charge in [0.1, 0.15) is 12.4 Å². The van der Waals surface area contributed by atoms with Gasteiger partial charge in [-0.2, -0.15) is 0 Å². The van der Waals surface area contributed by atoms with Gasteiger partial charge in [0, 0.05) is 12.2 Å². The number of amides is 2. The molecule has 3 rings (SSSR count). The fourth-order valence-electron chi connectivity index (χ4n) is 4.26. The summed E-state index contributed by atoms with van der Waals surface area (Å²) in [5, 5.41) is 3.59. The Bertz CT molecular complexity index is 1020. The topological polar surface area (TPSA) is 67.6 Å². The molecule has 3 aromatic rings. The summed E-state index contributed by atoms with van der Waals surface area (Å²) in [6.45, 7) is 5.65. The molecule has 0 aliphatic carbocycles. The van der Waals surface area contributed by atoms with E-state index in [1.807, 2.05) is 54.6 Å². The summed E-state index contributed by atoms with van der Waals surface area (Å²) >= 11 is 0. The zero-order valence-electron chi connectivity index (χ0n) is 21.8. The molecule has 0 fully saturated rings. The highest BCUT2D eigenvalue weighted by molar-refractivity contribution is 5.91. The highest BCUT2D eigenvalue weighted by atomic mass is 16.5. The second-order valence-corrected chi connectivity index (χ2v) is 9.26. The van der Waals surface area contributed by atoms with E-state index in [1.54, 1.807) is 4.90 Å². The van der Waals surface area contributed by atoms with Gasteiger partial charge in [0.15, 0.2) is 0 Å². The van der Waals surface area contributed by atoms with Gasteiger partial charge in [-0.25, -0.2) is 4.79 Å². The van der Waals surface area contributed by atoms with E-state index >= 15 is 0 Å². The normalized spacial score (nSPS) is 11.7. The number of carbonyl (C=O) groups is 1. The second kappa shape index (κ2) is 14.9. The van der Waals surface area contributed by atoms with Crippen LogP contribution in [-0.2, 0) is 19.4 Å². The smallest absolute Gasteiger partial charge is 0.320 e. The molecule has 1 atom stereocenters. The van der Waals surface area contributed by atoms with Crippen LogP contribution < -0.4 is 20.7 Å². The van der Waals surface area contributed by atoms with E-state index in [2.05, 4.69) is 43.4 Å². The lowest BCUT2D eigenvalue weighted by atomic mass is 10.0. The maximum atomic E-state index is 12.5. The second-order valence-electron chi connectivity index (χ2n) is 9.26. The van der Waals surface area contributed by atoms with Gasteiger partial charge in [-0.3, -0.25) is 10.2 Å². The minimum Gasteiger partial charge on any atom is -0.489 e. The Hall–Kier alpha value is -3.31. The van der Waals surface area contributed by atoms with Crippen molar-refractivity contribution in [1.82, 2.24) is 5.32 Å². The van der Waals surface area contributed by atoms with Crippen LogP contribution >= 0.6 is 0 Å². The number of anilines is 1. The first-order chi connectivity index (χ1) is 17.6. The third-order valence-corrected chi connectivity index (χ3v) is 6.38. The van der Waals surface area contributed by atoms with Crippen LogP contribution in [0.3, 0.4) is 0 Å². The monoisotopic (exact) mass is 487 g/mol. The first-order valence-electron chi connectivity index (χ1n) is 13.3. The number of ether oxygens (including phenoxy) is 1. The first-order valence-corrected chi connectivity index (χ1v) is 13.3. The van der Waals surface area contributed by atoms with Crippen molar-refractivity contribution in [3.8, 4) is 5.75 Å². The van der Waals surface area contributed by atoms with Crippen molar-refractivity contribution in [2.45, 2.75) is 71.6 Å².